The summed E-state index contributed by atoms with van der Waals surface area (Å²) in [5.41, 5.74) is 1.39. The topological polar surface area (TPSA) is 71.3 Å². The molecule has 1 aliphatic heterocycles. The van der Waals surface area contributed by atoms with E-state index in [1.807, 2.05) is 29.2 Å². The molecule has 3 aromatic carbocycles. The number of carbonyl (C=O) groups excluding carboxylic acids is 1. The summed E-state index contributed by atoms with van der Waals surface area (Å²) in [4.78, 5) is 40.2. The molecule has 3 heterocycles. The number of amides is 1. The molecule has 0 aliphatic carbocycles. The molecular formula is C38H36F5N5O2. The lowest BCUT2D eigenvalue weighted by atomic mass is 10.00. The van der Waals surface area contributed by atoms with Gasteiger partial charge in [-0.05, 0) is 78.4 Å². The third-order valence-corrected chi connectivity index (χ3v) is 9.38. The smallest absolute Gasteiger partial charge is 0.334 e. The van der Waals surface area contributed by atoms with E-state index in [4.69, 9.17) is 0 Å². The molecule has 1 amide bonds. The van der Waals surface area contributed by atoms with Gasteiger partial charge in [0.1, 0.15) is 18.0 Å². The second-order valence-corrected chi connectivity index (χ2v) is 12.5. The second kappa shape index (κ2) is 14.9. The van der Waals surface area contributed by atoms with E-state index in [9.17, 15) is 31.5 Å². The number of carbonyl (C=O) groups is 1. The third-order valence-electron chi connectivity index (χ3n) is 9.38. The Hall–Kier alpha value is -4.97. The van der Waals surface area contributed by atoms with Gasteiger partial charge in [-0.25, -0.2) is 13.8 Å². The number of nitrogens with zero attached hydrogens (tertiary/aromatic N) is 5. The van der Waals surface area contributed by atoms with Crippen LogP contribution in [0.15, 0.2) is 89.9 Å². The molecule has 50 heavy (non-hydrogen) atoms. The molecule has 6 rings (SSSR count). The summed E-state index contributed by atoms with van der Waals surface area (Å²) in [6, 6.07) is 19.4. The first-order valence-corrected chi connectivity index (χ1v) is 16.6. The minimum absolute atomic E-state index is 0.0486. The van der Waals surface area contributed by atoms with Crippen molar-refractivity contribution in [3.63, 3.8) is 0 Å². The van der Waals surface area contributed by atoms with Gasteiger partial charge in [0.15, 0.2) is 11.6 Å². The normalized spacial score (nSPS) is 14.3. The van der Waals surface area contributed by atoms with Gasteiger partial charge in [-0.15, -0.1) is 0 Å². The lowest BCUT2D eigenvalue weighted by molar-refractivity contribution is -0.137. The van der Waals surface area contributed by atoms with E-state index in [1.54, 1.807) is 16.7 Å². The van der Waals surface area contributed by atoms with E-state index < -0.39 is 28.9 Å². The predicted molar refractivity (Wildman–Crippen MR) is 180 cm³/mol. The van der Waals surface area contributed by atoms with Gasteiger partial charge < -0.3 is 14.4 Å². The summed E-state index contributed by atoms with van der Waals surface area (Å²) in [5.74, 6) is -1.92. The highest BCUT2D eigenvalue weighted by Gasteiger charge is 2.31. The number of hydrogen-bond donors (Lipinski definition) is 0. The molecule has 12 heteroatoms. The van der Waals surface area contributed by atoms with Crippen molar-refractivity contribution in [3.05, 3.63) is 130 Å². The summed E-state index contributed by atoms with van der Waals surface area (Å²) in [6.45, 7) is 4.76. The minimum Gasteiger partial charge on any atom is -0.334 e. The summed E-state index contributed by atoms with van der Waals surface area (Å²) >= 11 is 0. The molecule has 1 saturated heterocycles. The molecule has 0 radical (unpaired) electrons. The molecule has 2 aromatic heterocycles. The SMILES string of the molecule is CCN1CCC(N(Cc2ccc(-c3ccc(C(F)(F)F)cc3)cc2)C(=O)Cn2c(CCc3cccc(F)c3F)nc(=O)c3cccnc32)CC1. The third kappa shape index (κ3) is 7.75. The standard InChI is InChI=1S/C38H36F5N5O2/c1-2-46-21-18-30(19-22-46)47(23-25-8-10-26(11-9-25)27-12-15-29(16-13-27)38(41,42)43)34(49)24-48-33(17-14-28-5-3-7-32(39)35(28)40)45-37(50)31-6-4-20-44-36(31)48/h3-13,15-16,20,30H,2,14,17-19,21-24H2,1H3. The van der Waals surface area contributed by atoms with Crippen molar-refractivity contribution < 1.29 is 26.7 Å². The van der Waals surface area contributed by atoms with Crippen molar-refractivity contribution in [2.24, 2.45) is 0 Å². The van der Waals surface area contributed by atoms with Gasteiger partial charge >= 0.3 is 6.18 Å². The average molecular weight is 690 g/mol. The Balaban J connectivity index is 1.29. The fourth-order valence-electron chi connectivity index (χ4n) is 6.53. The summed E-state index contributed by atoms with van der Waals surface area (Å²) < 4.78 is 69.2. The lowest BCUT2D eigenvalue weighted by Crippen LogP contribution is -2.48. The van der Waals surface area contributed by atoms with Crippen LogP contribution in [0, 0.1) is 11.6 Å². The number of likely N-dealkylation sites (tertiary alicyclic amines) is 1. The van der Waals surface area contributed by atoms with Crippen LogP contribution in [-0.4, -0.2) is 55.9 Å². The van der Waals surface area contributed by atoms with Gasteiger partial charge in [-0.1, -0.05) is 55.5 Å². The van der Waals surface area contributed by atoms with E-state index in [1.165, 1.54) is 30.5 Å². The van der Waals surface area contributed by atoms with Crippen LogP contribution in [0.25, 0.3) is 22.2 Å². The second-order valence-electron chi connectivity index (χ2n) is 12.5. The highest BCUT2D eigenvalue weighted by atomic mass is 19.4. The largest absolute Gasteiger partial charge is 0.416 e. The van der Waals surface area contributed by atoms with Gasteiger partial charge in [0.05, 0.1) is 10.9 Å². The van der Waals surface area contributed by atoms with Crippen LogP contribution >= 0.6 is 0 Å². The molecule has 1 aliphatic rings. The van der Waals surface area contributed by atoms with Crippen LogP contribution in [-0.2, 0) is 36.9 Å². The molecule has 1 fully saturated rings. The Bertz CT molecular complexity index is 2020. The predicted octanol–water partition coefficient (Wildman–Crippen LogP) is 7.05. The zero-order valence-electron chi connectivity index (χ0n) is 27.5. The zero-order valence-corrected chi connectivity index (χ0v) is 27.5. The number of benzene rings is 3. The maximum absolute atomic E-state index is 14.5. The first-order valence-electron chi connectivity index (χ1n) is 16.6. The molecular weight excluding hydrogens is 653 g/mol. The van der Waals surface area contributed by atoms with Gasteiger partial charge in [0.2, 0.25) is 5.91 Å². The van der Waals surface area contributed by atoms with Crippen LogP contribution < -0.4 is 5.56 Å². The fraction of sp³-hybridized carbons (Fsp3) is 0.316. The van der Waals surface area contributed by atoms with E-state index in [0.717, 1.165) is 61.8 Å². The molecule has 0 N–H and O–H groups in total. The van der Waals surface area contributed by atoms with Crippen LogP contribution in [0.4, 0.5) is 22.0 Å². The molecule has 7 nitrogen and oxygen atoms in total. The van der Waals surface area contributed by atoms with Gasteiger partial charge in [0.25, 0.3) is 5.56 Å². The number of piperidine rings is 1. The van der Waals surface area contributed by atoms with Crippen molar-refractivity contribution in [1.29, 1.82) is 0 Å². The Morgan fingerprint density at radius 1 is 0.900 bits per heavy atom. The monoisotopic (exact) mass is 689 g/mol. The fourth-order valence-corrected chi connectivity index (χ4v) is 6.53. The summed E-state index contributed by atoms with van der Waals surface area (Å²) in [7, 11) is 0. The number of halogens is 5. The molecule has 0 bridgehead atoms. The Morgan fingerprint density at radius 3 is 2.24 bits per heavy atom. The van der Waals surface area contributed by atoms with Crippen molar-refractivity contribution in [2.45, 2.75) is 57.9 Å². The molecule has 0 saturated carbocycles. The maximum Gasteiger partial charge on any atom is 0.416 e. The number of hydrogen-bond acceptors (Lipinski definition) is 5. The number of aryl methyl sites for hydroxylation is 2. The zero-order chi connectivity index (χ0) is 35.4. The van der Waals surface area contributed by atoms with Gasteiger partial charge in [0, 0.05) is 38.3 Å². The lowest BCUT2D eigenvalue weighted by Gasteiger charge is -2.38. The number of fused-ring (bicyclic) bond motifs is 1. The Labute approximate surface area is 286 Å². The van der Waals surface area contributed by atoms with Crippen molar-refractivity contribution in [1.82, 2.24) is 24.3 Å². The van der Waals surface area contributed by atoms with E-state index in [-0.39, 0.29) is 60.3 Å². The molecule has 5 aromatic rings. The Morgan fingerprint density at radius 2 is 1.58 bits per heavy atom. The molecule has 0 atom stereocenters. The van der Waals surface area contributed by atoms with Crippen molar-refractivity contribution >= 4 is 16.9 Å². The van der Waals surface area contributed by atoms with Crippen LogP contribution in [0.1, 0.15) is 42.3 Å². The number of rotatable bonds is 10. The highest BCUT2D eigenvalue weighted by molar-refractivity contribution is 5.80. The first kappa shape index (κ1) is 34.9. The van der Waals surface area contributed by atoms with E-state index in [2.05, 4.69) is 21.8 Å². The minimum atomic E-state index is -4.42. The molecule has 260 valence electrons. The van der Waals surface area contributed by atoms with Gasteiger partial charge in [-0.2, -0.15) is 18.2 Å². The van der Waals surface area contributed by atoms with Gasteiger partial charge in [-0.3, -0.25) is 9.59 Å². The van der Waals surface area contributed by atoms with Crippen LogP contribution in [0.3, 0.4) is 0 Å². The van der Waals surface area contributed by atoms with E-state index in [0.29, 0.717) is 5.56 Å². The number of aromatic nitrogens is 3. The van der Waals surface area contributed by atoms with E-state index >= 15 is 0 Å². The molecule has 0 unspecified atom stereocenters. The summed E-state index contributed by atoms with van der Waals surface area (Å²) in [5, 5.41) is 0.239. The quantitative estimate of drug-likeness (QED) is 0.147. The number of alkyl halides is 3. The van der Waals surface area contributed by atoms with Crippen molar-refractivity contribution in [3.8, 4) is 11.1 Å². The van der Waals surface area contributed by atoms with Crippen LogP contribution in [0.2, 0.25) is 0 Å². The van der Waals surface area contributed by atoms with Crippen LogP contribution in [0.5, 0.6) is 0 Å². The maximum atomic E-state index is 14.5. The first-order chi connectivity index (χ1) is 24.0. The average Bonchev–Trinajstić information content (AvgIpc) is 3.12. The Kier molecular flexibility index (Phi) is 10.4. The number of pyridine rings is 1. The van der Waals surface area contributed by atoms with Crippen molar-refractivity contribution in [2.75, 3.05) is 19.6 Å². The highest BCUT2D eigenvalue weighted by Crippen LogP contribution is 2.31. The summed E-state index contributed by atoms with van der Waals surface area (Å²) in [6.07, 6.45) is -1.26. The molecule has 0 spiro atoms.